The summed E-state index contributed by atoms with van der Waals surface area (Å²) in [5.41, 5.74) is 3.36. The van der Waals surface area contributed by atoms with Crippen LogP contribution in [0.1, 0.15) is 29.8 Å². The third kappa shape index (κ3) is 2.78. The molecule has 1 amide bonds. The normalized spacial score (nSPS) is 20.5. The molecule has 28 heavy (non-hydrogen) atoms. The molecule has 0 radical (unpaired) electrons. The van der Waals surface area contributed by atoms with Gasteiger partial charge in [0.2, 0.25) is 0 Å². The summed E-state index contributed by atoms with van der Waals surface area (Å²) in [5, 5.41) is 4.71. The van der Waals surface area contributed by atoms with Crippen molar-refractivity contribution < 1.29 is 9.53 Å². The summed E-state index contributed by atoms with van der Waals surface area (Å²) < 4.78 is 7.14. The fourth-order valence-corrected chi connectivity index (χ4v) is 4.49. The van der Waals surface area contributed by atoms with Crippen LogP contribution in [0.2, 0.25) is 0 Å². The summed E-state index contributed by atoms with van der Waals surface area (Å²) in [6.07, 6.45) is 3.61. The van der Waals surface area contributed by atoms with Crippen molar-refractivity contribution >= 4 is 5.91 Å². The third-order valence-electron chi connectivity index (χ3n) is 6.03. The van der Waals surface area contributed by atoms with Gasteiger partial charge in [0, 0.05) is 18.2 Å². The number of likely N-dealkylation sites (tertiary alicyclic amines) is 1. The van der Waals surface area contributed by atoms with Crippen LogP contribution in [0.15, 0.2) is 60.7 Å². The Morgan fingerprint density at radius 3 is 2.57 bits per heavy atom. The summed E-state index contributed by atoms with van der Waals surface area (Å²) in [5.74, 6) is 1.55. The Bertz CT molecular complexity index is 994. The molecule has 2 aliphatic rings. The maximum Gasteiger partial charge on any atom is 0.274 e. The van der Waals surface area contributed by atoms with Crippen molar-refractivity contribution in [2.24, 2.45) is 5.92 Å². The number of aromatic nitrogens is 2. The van der Waals surface area contributed by atoms with Crippen molar-refractivity contribution in [3.8, 4) is 22.7 Å². The molecule has 0 spiro atoms. The van der Waals surface area contributed by atoms with E-state index in [0.717, 1.165) is 35.7 Å². The predicted molar refractivity (Wildman–Crippen MR) is 108 cm³/mol. The Morgan fingerprint density at radius 1 is 1.07 bits per heavy atom. The van der Waals surface area contributed by atoms with Crippen LogP contribution >= 0.6 is 0 Å². The van der Waals surface area contributed by atoms with Gasteiger partial charge in [-0.05, 0) is 61.2 Å². The minimum atomic E-state index is 0.0487. The zero-order chi connectivity index (χ0) is 19.1. The number of para-hydroxylation sites is 1. The first-order valence-electron chi connectivity index (χ1n) is 9.85. The molecule has 1 saturated heterocycles. The highest BCUT2D eigenvalue weighted by Crippen LogP contribution is 2.39. The second kappa shape index (κ2) is 6.82. The molecule has 5 heteroatoms. The summed E-state index contributed by atoms with van der Waals surface area (Å²) >= 11 is 0. The number of hydrogen-bond donors (Lipinski definition) is 0. The summed E-state index contributed by atoms with van der Waals surface area (Å²) in [6.45, 7) is 0.875. The highest BCUT2D eigenvalue weighted by atomic mass is 16.5. The number of nitrogens with zero attached hydrogens (tertiary/aromatic N) is 3. The van der Waals surface area contributed by atoms with Crippen molar-refractivity contribution in [3.05, 3.63) is 66.4 Å². The molecular weight excluding hydrogens is 350 g/mol. The number of rotatable bonds is 4. The number of carbonyl (C=O) groups is 1. The van der Waals surface area contributed by atoms with E-state index in [9.17, 15) is 4.79 Å². The summed E-state index contributed by atoms with van der Waals surface area (Å²) in [7, 11) is 1.66. The van der Waals surface area contributed by atoms with Crippen LogP contribution < -0.4 is 4.74 Å². The lowest BCUT2D eigenvalue weighted by molar-refractivity contribution is 0.0263. The Morgan fingerprint density at radius 2 is 1.86 bits per heavy atom. The molecule has 2 aromatic carbocycles. The van der Waals surface area contributed by atoms with Crippen LogP contribution in [0.4, 0.5) is 0 Å². The SMILES string of the molecule is COc1ccc(-c2cc(C(=O)N3CC4CCCC43)nn2-c2ccccc2)cc1. The molecule has 142 valence electrons. The molecule has 3 aromatic rings. The second-order valence-corrected chi connectivity index (χ2v) is 7.61. The Balaban J connectivity index is 1.54. The van der Waals surface area contributed by atoms with E-state index in [4.69, 9.17) is 9.84 Å². The lowest BCUT2D eigenvalue weighted by Crippen LogP contribution is -2.56. The first kappa shape index (κ1) is 17.0. The number of amides is 1. The number of methoxy groups -OCH3 is 1. The van der Waals surface area contributed by atoms with Crippen molar-refractivity contribution in [1.82, 2.24) is 14.7 Å². The first-order chi connectivity index (χ1) is 13.7. The Hall–Kier alpha value is -3.08. The fraction of sp³-hybridized carbons (Fsp3) is 0.304. The van der Waals surface area contributed by atoms with Gasteiger partial charge in [0.15, 0.2) is 5.69 Å². The van der Waals surface area contributed by atoms with E-state index >= 15 is 0 Å². The molecule has 1 aliphatic carbocycles. The van der Waals surface area contributed by atoms with Gasteiger partial charge in [-0.3, -0.25) is 4.79 Å². The highest BCUT2D eigenvalue weighted by Gasteiger charge is 2.45. The van der Waals surface area contributed by atoms with E-state index in [1.165, 1.54) is 12.8 Å². The van der Waals surface area contributed by atoms with Crippen LogP contribution in [0.5, 0.6) is 5.75 Å². The largest absolute Gasteiger partial charge is 0.497 e. The number of hydrogen-bond acceptors (Lipinski definition) is 3. The maximum absolute atomic E-state index is 13.1. The van der Waals surface area contributed by atoms with Gasteiger partial charge in [-0.15, -0.1) is 0 Å². The van der Waals surface area contributed by atoms with Crippen molar-refractivity contribution in [2.75, 3.05) is 13.7 Å². The minimum absolute atomic E-state index is 0.0487. The van der Waals surface area contributed by atoms with E-state index in [0.29, 0.717) is 17.7 Å². The standard InChI is InChI=1S/C23H23N3O2/c1-28-19-12-10-16(11-13-19)22-14-20(24-26(22)18-7-3-2-4-8-18)23(27)25-15-17-6-5-9-21(17)25/h2-4,7-8,10-14,17,21H,5-6,9,15H2,1H3. The molecule has 2 unspecified atom stereocenters. The summed E-state index contributed by atoms with van der Waals surface area (Å²) in [6, 6.07) is 20.1. The lowest BCUT2D eigenvalue weighted by Gasteiger charge is -2.44. The smallest absolute Gasteiger partial charge is 0.274 e. The van der Waals surface area contributed by atoms with Crippen LogP contribution in [0.25, 0.3) is 16.9 Å². The molecule has 5 nitrogen and oxygen atoms in total. The van der Waals surface area contributed by atoms with E-state index in [-0.39, 0.29) is 5.91 Å². The topological polar surface area (TPSA) is 47.4 Å². The molecule has 1 aliphatic heterocycles. The third-order valence-corrected chi connectivity index (χ3v) is 6.03. The number of fused-ring (bicyclic) bond motifs is 1. The van der Waals surface area contributed by atoms with Gasteiger partial charge in [-0.2, -0.15) is 5.10 Å². The van der Waals surface area contributed by atoms with E-state index in [1.807, 2.05) is 70.2 Å². The van der Waals surface area contributed by atoms with Gasteiger partial charge in [0.25, 0.3) is 5.91 Å². The zero-order valence-corrected chi connectivity index (χ0v) is 15.9. The average molecular weight is 373 g/mol. The lowest BCUT2D eigenvalue weighted by atomic mass is 9.91. The molecule has 0 N–H and O–H groups in total. The van der Waals surface area contributed by atoms with Crippen molar-refractivity contribution in [2.45, 2.75) is 25.3 Å². The van der Waals surface area contributed by atoms with Gasteiger partial charge in [-0.25, -0.2) is 4.68 Å². The number of ether oxygens (including phenoxy) is 1. The molecule has 1 saturated carbocycles. The molecule has 2 atom stereocenters. The molecule has 5 rings (SSSR count). The Labute approximate surface area is 164 Å². The minimum Gasteiger partial charge on any atom is -0.497 e. The van der Waals surface area contributed by atoms with Crippen LogP contribution in [0.3, 0.4) is 0 Å². The second-order valence-electron chi connectivity index (χ2n) is 7.61. The Kier molecular flexibility index (Phi) is 4.15. The van der Waals surface area contributed by atoms with Gasteiger partial charge < -0.3 is 9.64 Å². The molecule has 2 heterocycles. The fourth-order valence-electron chi connectivity index (χ4n) is 4.49. The van der Waals surface area contributed by atoms with E-state index < -0.39 is 0 Å². The number of carbonyl (C=O) groups excluding carboxylic acids is 1. The molecule has 2 fully saturated rings. The molecular formula is C23H23N3O2. The van der Waals surface area contributed by atoms with Gasteiger partial charge in [-0.1, -0.05) is 24.6 Å². The van der Waals surface area contributed by atoms with Gasteiger partial charge in [0.05, 0.1) is 18.5 Å². The molecule has 1 aromatic heterocycles. The maximum atomic E-state index is 13.1. The highest BCUT2D eigenvalue weighted by molar-refractivity contribution is 5.94. The van der Waals surface area contributed by atoms with Crippen LogP contribution in [-0.2, 0) is 0 Å². The number of benzene rings is 2. The van der Waals surface area contributed by atoms with E-state index in [1.54, 1.807) is 7.11 Å². The van der Waals surface area contributed by atoms with E-state index in [2.05, 4.69) is 0 Å². The van der Waals surface area contributed by atoms with Crippen LogP contribution in [0, 0.1) is 5.92 Å². The van der Waals surface area contributed by atoms with Gasteiger partial charge >= 0.3 is 0 Å². The van der Waals surface area contributed by atoms with Gasteiger partial charge in [0.1, 0.15) is 5.75 Å². The average Bonchev–Trinajstić information content (AvgIpc) is 3.33. The zero-order valence-electron chi connectivity index (χ0n) is 15.9. The van der Waals surface area contributed by atoms with Crippen molar-refractivity contribution in [1.29, 1.82) is 0 Å². The quantitative estimate of drug-likeness (QED) is 0.689. The van der Waals surface area contributed by atoms with Crippen molar-refractivity contribution in [3.63, 3.8) is 0 Å². The monoisotopic (exact) mass is 373 g/mol. The first-order valence-corrected chi connectivity index (χ1v) is 9.85. The predicted octanol–water partition coefficient (Wildman–Crippen LogP) is 4.17. The molecule has 0 bridgehead atoms. The summed E-state index contributed by atoms with van der Waals surface area (Å²) in [4.78, 5) is 15.1. The van der Waals surface area contributed by atoms with Crippen LogP contribution in [-0.4, -0.2) is 40.3 Å².